The summed E-state index contributed by atoms with van der Waals surface area (Å²) >= 11 is 0. The number of nitrogens with two attached hydrogens (primary N) is 1. The first kappa shape index (κ1) is 31.9. The molecular formula is C32H36FN7O7. The monoisotopic (exact) mass is 649 g/mol. The fraction of sp³-hybridized carbons (Fsp3) is 0.438. The fourth-order valence-corrected chi connectivity index (χ4v) is 6.57. The van der Waals surface area contributed by atoms with Crippen molar-refractivity contribution in [2.45, 2.75) is 37.8 Å². The number of hydrogen-bond donors (Lipinski definition) is 3. The molecule has 4 aliphatic heterocycles. The minimum Gasteiger partial charge on any atom is -0.497 e. The Kier molecular flexibility index (Phi) is 8.82. The van der Waals surface area contributed by atoms with E-state index >= 15 is 0 Å². The summed E-state index contributed by atoms with van der Waals surface area (Å²) in [6.07, 6.45) is 1.03. The molecule has 0 saturated carbocycles. The van der Waals surface area contributed by atoms with E-state index in [0.29, 0.717) is 58.7 Å². The molecular weight excluding hydrogens is 613 g/mol. The van der Waals surface area contributed by atoms with E-state index in [1.165, 1.54) is 19.2 Å². The fourth-order valence-electron chi connectivity index (χ4n) is 6.57. The second-order valence-electron chi connectivity index (χ2n) is 12.1. The number of nitrogen functional groups attached to an aromatic ring is 1. The van der Waals surface area contributed by atoms with Crippen molar-refractivity contribution in [2.75, 3.05) is 63.6 Å². The van der Waals surface area contributed by atoms with Gasteiger partial charge in [0.05, 0.1) is 29.5 Å². The van der Waals surface area contributed by atoms with Crippen LogP contribution in [0.15, 0.2) is 30.3 Å². The van der Waals surface area contributed by atoms with Crippen LogP contribution < -0.4 is 26.0 Å². The topological polar surface area (TPSA) is 175 Å². The van der Waals surface area contributed by atoms with Crippen LogP contribution in [0.1, 0.15) is 56.8 Å². The van der Waals surface area contributed by atoms with Crippen molar-refractivity contribution >= 4 is 46.8 Å². The number of anilines is 2. The number of halogens is 1. The molecule has 0 aliphatic carbocycles. The van der Waals surface area contributed by atoms with Gasteiger partial charge in [-0.25, -0.2) is 4.39 Å². The first-order valence-electron chi connectivity index (χ1n) is 15.6. The Bertz CT molecular complexity index is 1660. The molecule has 47 heavy (non-hydrogen) atoms. The number of likely N-dealkylation sites (tertiary alicyclic amines) is 1. The van der Waals surface area contributed by atoms with Gasteiger partial charge in [-0.05, 0) is 37.1 Å². The third-order valence-corrected chi connectivity index (χ3v) is 9.23. The van der Waals surface area contributed by atoms with Crippen LogP contribution in [0.2, 0.25) is 0 Å². The zero-order chi connectivity index (χ0) is 33.4. The van der Waals surface area contributed by atoms with E-state index in [1.807, 2.05) is 0 Å². The number of imide groups is 2. The Balaban J connectivity index is 0.969. The molecule has 2 aromatic carbocycles. The molecule has 4 aliphatic rings. The van der Waals surface area contributed by atoms with Crippen molar-refractivity contribution in [3.63, 3.8) is 0 Å². The Labute approximate surface area is 269 Å². The highest BCUT2D eigenvalue weighted by Gasteiger charge is 2.44. The van der Waals surface area contributed by atoms with E-state index in [-0.39, 0.29) is 52.9 Å². The number of amides is 6. The van der Waals surface area contributed by atoms with Gasteiger partial charge < -0.3 is 25.6 Å². The van der Waals surface area contributed by atoms with Gasteiger partial charge in [-0.3, -0.25) is 43.9 Å². The molecule has 4 N–H and O–H groups in total. The number of nitrogens with one attached hydrogen (secondary N) is 2. The number of carbonyl (C=O) groups is 6. The van der Waals surface area contributed by atoms with Gasteiger partial charge in [-0.2, -0.15) is 0 Å². The molecule has 14 nitrogen and oxygen atoms in total. The molecule has 3 fully saturated rings. The van der Waals surface area contributed by atoms with Crippen LogP contribution in [-0.4, -0.2) is 115 Å². The predicted molar refractivity (Wildman–Crippen MR) is 166 cm³/mol. The summed E-state index contributed by atoms with van der Waals surface area (Å²) in [6.45, 7) is 4.05. The number of nitrogens with zero attached hydrogens (tertiary/aromatic N) is 4. The van der Waals surface area contributed by atoms with Gasteiger partial charge in [0.15, 0.2) is 5.82 Å². The number of piperidine rings is 1. The van der Waals surface area contributed by atoms with Crippen LogP contribution in [0.4, 0.5) is 15.8 Å². The van der Waals surface area contributed by atoms with Gasteiger partial charge in [0.2, 0.25) is 17.7 Å². The van der Waals surface area contributed by atoms with Crippen molar-refractivity contribution in [3.8, 4) is 5.75 Å². The number of carbonyl (C=O) groups excluding carboxylic acids is 6. The van der Waals surface area contributed by atoms with Crippen LogP contribution in [0.3, 0.4) is 0 Å². The Morgan fingerprint density at radius 1 is 1.00 bits per heavy atom. The van der Waals surface area contributed by atoms with E-state index in [1.54, 1.807) is 23.1 Å². The molecule has 15 heteroatoms. The highest BCUT2D eigenvalue weighted by atomic mass is 19.1. The zero-order valence-electron chi connectivity index (χ0n) is 25.9. The molecule has 6 amide bonds. The van der Waals surface area contributed by atoms with E-state index < -0.39 is 41.4 Å². The van der Waals surface area contributed by atoms with Crippen LogP contribution >= 0.6 is 0 Å². The zero-order valence-corrected chi connectivity index (χ0v) is 25.9. The van der Waals surface area contributed by atoms with Crippen LogP contribution in [0, 0.1) is 5.82 Å². The van der Waals surface area contributed by atoms with Crippen molar-refractivity contribution in [2.24, 2.45) is 0 Å². The molecule has 6 rings (SSSR count). The normalized spacial score (nSPS) is 21.6. The summed E-state index contributed by atoms with van der Waals surface area (Å²) in [6, 6.07) is 6.35. The summed E-state index contributed by atoms with van der Waals surface area (Å²) in [5, 5.41) is 5.00. The first-order valence-corrected chi connectivity index (χ1v) is 15.6. The molecule has 0 radical (unpaired) electrons. The number of ether oxygens (including phenoxy) is 1. The number of fused-ring (bicyclic) bond motifs is 1. The largest absolute Gasteiger partial charge is 0.497 e. The lowest BCUT2D eigenvalue weighted by Crippen LogP contribution is -2.54. The van der Waals surface area contributed by atoms with Gasteiger partial charge in [0.1, 0.15) is 11.8 Å². The van der Waals surface area contributed by atoms with Gasteiger partial charge in [0, 0.05) is 76.5 Å². The van der Waals surface area contributed by atoms with Gasteiger partial charge in [-0.15, -0.1) is 0 Å². The molecule has 4 heterocycles. The summed E-state index contributed by atoms with van der Waals surface area (Å²) in [5.41, 5.74) is 6.53. The first-order chi connectivity index (χ1) is 22.5. The molecule has 0 bridgehead atoms. The average molecular weight is 650 g/mol. The number of hydrogen-bond acceptors (Lipinski definition) is 10. The van der Waals surface area contributed by atoms with Crippen molar-refractivity contribution in [3.05, 3.63) is 52.8 Å². The molecule has 0 spiro atoms. The van der Waals surface area contributed by atoms with Gasteiger partial charge >= 0.3 is 0 Å². The van der Waals surface area contributed by atoms with Gasteiger partial charge in [0.25, 0.3) is 17.7 Å². The second-order valence-corrected chi connectivity index (χ2v) is 12.1. The van der Waals surface area contributed by atoms with Crippen LogP contribution in [0.25, 0.3) is 0 Å². The number of methoxy groups -OCH3 is 1. The highest BCUT2D eigenvalue weighted by Crippen LogP contribution is 2.31. The second kappa shape index (κ2) is 13.0. The molecule has 1 unspecified atom stereocenters. The standard InChI is InChI=1S/C32H36FN7O7/c1-47-20-15-23(28(33)24(34)16-20)29(43)35-18-6-9-39(17-18)27(42)7-8-37-10-12-38(13-11-37)19-2-3-21-22(14-19)32(46)40(31(21)45)25-4-5-26(41)36-30(25)44/h2-3,14-16,18,25H,4-13,17,34H2,1H3,(H,35,43)(H,36,41,44)/t18-,25?/m0/s1. The lowest BCUT2D eigenvalue weighted by atomic mass is 10.0. The smallest absolute Gasteiger partial charge is 0.262 e. The van der Waals surface area contributed by atoms with Crippen LogP contribution in [0.5, 0.6) is 5.75 Å². The van der Waals surface area contributed by atoms with Crippen molar-refractivity contribution < 1.29 is 37.9 Å². The Morgan fingerprint density at radius 3 is 2.47 bits per heavy atom. The van der Waals surface area contributed by atoms with E-state index in [2.05, 4.69) is 20.4 Å². The molecule has 0 aromatic heterocycles. The quantitative estimate of drug-likeness (QED) is 0.268. The van der Waals surface area contributed by atoms with E-state index in [0.717, 1.165) is 10.6 Å². The third-order valence-electron chi connectivity index (χ3n) is 9.23. The third kappa shape index (κ3) is 6.35. The number of piperazine rings is 1. The van der Waals surface area contributed by atoms with Crippen LogP contribution in [-0.2, 0) is 14.4 Å². The molecule has 2 aromatic rings. The summed E-state index contributed by atoms with van der Waals surface area (Å²) in [5.74, 6) is -3.33. The van der Waals surface area contributed by atoms with Crippen molar-refractivity contribution in [1.82, 2.24) is 25.3 Å². The summed E-state index contributed by atoms with van der Waals surface area (Å²) in [7, 11) is 1.40. The Hall–Kier alpha value is -5.05. The lowest BCUT2D eigenvalue weighted by Gasteiger charge is -2.36. The minimum absolute atomic E-state index is 0.0247. The summed E-state index contributed by atoms with van der Waals surface area (Å²) < 4.78 is 19.6. The Morgan fingerprint density at radius 2 is 1.74 bits per heavy atom. The van der Waals surface area contributed by atoms with E-state index in [9.17, 15) is 33.2 Å². The predicted octanol–water partition coefficient (Wildman–Crippen LogP) is 0.361. The maximum Gasteiger partial charge on any atom is 0.262 e. The number of benzene rings is 2. The maximum absolute atomic E-state index is 14.5. The molecule has 2 atom stereocenters. The molecule has 248 valence electrons. The number of rotatable bonds is 8. The SMILES string of the molecule is COc1cc(N)c(F)c(C(=O)N[C@H]2CCN(C(=O)CCN3CCN(c4ccc5c(c4)C(=O)N(C4CCC(=O)NC4=O)C5=O)CC3)C2)c1. The van der Waals surface area contributed by atoms with E-state index in [4.69, 9.17) is 10.5 Å². The highest BCUT2D eigenvalue weighted by molar-refractivity contribution is 6.23. The lowest BCUT2D eigenvalue weighted by molar-refractivity contribution is -0.136. The average Bonchev–Trinajstić information content (AvgIpc) is 3.63. The maximum atomic E-state index is 14.5. The summed E-state index contributed by atoms with van der Waals surface area (Å²) in [4.78, 5) is 82.7. The minimum atomic E-state index is -1.01. The van der Waals surface area contributed by atoms with Crippen molar-refractivity contribution in [1.29, 1.82) is 0 Å². The van der Waals surface area contributed by atoms with Gasteiger partial charge in [-0.1, -0.05) is 0 Å². The molecule has 3 saturated heterocycles.